The fourth-order valence-electron chi connectivity index (χ4n) is 1.54. The highest BCUT2D eigenvalue weighted by molar-refractivity contribution is 5.89. The molecule has 0 aliphatic heterocycles. The molecule has 4 nitrogen and oxygen atoms in total. The van der Waals surface area contributed by atoms with Crippen LogP contribution in [0, 0.1) is 0 Å². The average molecular weight is 316 g/mol. The molecule has 1 aromatic carbocycles. The number of benzene rings is 1. The van der Waals surface area contributed by atoms with Gasteiger partial charge in [0.25, 0.3) is 5.60 Å². The number of anilines is 1. The fourth-order valence-corrected chi connectivity index (χ4v) is 1.54. The van der Waals surface area contributed by atoms with Crippen molar-refractivity contribution in [3.8, 4) is 0 Å². The average Bonchev–Trinajstić information content (AvgIpc) is 2.34. The Kier molecular flexibility index (Phi) is 4.15. The van der Waals surface area contributed by atoms with E-state index in [1.54, 1.807) is 0 Å². The number of carbonyl (C=O) groups is 1. The van der Waals surface area contributed by atoms with Crippen molar-refractivity contribution in [3.05, 3.63) is 29.8 Å². The van der Waals surface area contributed by atoms with Gasteiger partial charge in [0.05, 0.1) is 0 Å². The van der Waals surface area contributed by atoms with E-state index in [0.29, 0.717) is 12.1 Å². The zero-order valence-corrected chi connectivity index (χ0v) is 10.5. The molecule has 0 bridgehead atoms. The second kappa shape index (κ2) is 5.10. The molecule has 0 radical (unpaired) electrons. The van der Waals surface area contributed by atoms with Crippen molar-refractivity contribution < 1.29 is 36.2 Å². The van der Waals surface area contributed by atoms with Gasteiger partial charge in [-0.2, -0.15) is 26.3 Å². The Balaban J connectivity index is 3.34. The quantitative estimate of drug-likeness (QED) is 0.823. The monoisotopic (exact) mass is 316 g/mol. The second-order valence-corrected chi connectivity index (χ2v) is 4.15. The number of primary amides is 1. The van der Waals surface area contributed by atoms with Crippen LogP contribution in [0.4, 0.5) is 36.8 Å². The van der Waals surface area contributed by atoms with E-state index in [9.17, 15) is 31.1 Å². The lowest BCUT2D eigenvalue weighted by molar-refractivity contribution is -0.376. The minimum Gasteiger partial charge on any atom is -0.369 e. The summed E-state index contributed by atoms with van der Waals surface area (Å²) in [6.45, 7) is 0. The number of halogens is 6. The van der Waals surface area contributed by atoms with Crippen LogP contribution in [0.3, 0.4) is 0 Å². The van der Waals surface area contributed by atoms with Crippen LogP contribution >= 0.6 is 0 Å². The van der Waals surface area contributed by atoms with Crippen LogP contribution in [0.25, 0.3) is 0 Å². The molecule has 1 rings (SSSR count). The van der Waals surface area contributed by atoms with Crippen LogP contribution in [0.2, 0.25) is 0 Å². The third kappa shape index (κ3) is 2.89. The van der Waals surface area contributed by atoms with E-state index in [0.717, 1.165) is 17.0 Å². The Morgan fingerprint density at radius 1 is 1.05 bits per heavy atom. The van der Waals surface area contributed by atoms with Crippen molar-refractivity contribution in [3.63, 3.8) is 0 Å². The zero-order chi connectivity index (χ0) is 16.6. The molecule has 10 heteroatoms. The smallest absolute Gasteiger partial charge is 0.369 e. The van der Waals surface area contributed by atoms with Crippen LogP contribution in [-0.4, -0.2) is 30.5 Å². The lowest BCUT2D eigenvalue weighted by Gasteiger charge is -2.32. The Bertz CT molecular complexity index is 509. The molecule has 3 N–H and O–H groups in total. The van der Waals surface area contributed by atoms with Crippen molar-refractivity contribution >= 4 is 11.7 Å². The van der Waals surface area contributed by atoms with Crippen LogP contribution in [0.15, 0.2) is 24.3 Å². The number of hydrogen-bond donors (Lipinski definition) is 2. The van der Waals surface area contributed by atoms with Gasteiger partial charge in [0.2, 0.25) is 0 Å². The van der Waals surface area contributed by atoms with Gasteiger partial charge in [-0.1, -0.05) is 12.1 Å². The van der Waals surface area contributed by atoms with E-state index < -0.39 is 29.5 Å². The van der Waals surface area contributed by atoms with Crippen molar-refractivity contribution in [2.45, 2.75) is 18.0 Å². The summed E-state index contributed by atoms with van der Waals surface area (Å²) >= 11 is 0. The molecular formula is C11H10F6N2O2. The van der Waals surface area contributed by atoms with Crippen molar-refractivity contribution in [2.24, 2.45) is 5.73 Å². The molecule has 0 spiro atoms. The number of amides is 2. The van der Waals surface area contributed by atoms with Crippen molar-refractivity contribution in [1.82, 2.24) is 0 Å². The maximum Gasteiger partial charge on any atom is 0.430 e. The SMILES string of the molecule is CN(C(N)=O)c1ccc(C(O)(C(F)(F)F)C(F)(F)F)cc1. The topological polar surface area (TPSA) is 66.6 Å². The Morgan fingerprint density at radius 3 is 1.71 bits per heavy atom. The summed E-state index contributed by atoms with van der Waals surface area (Å²) in [7, 11) is 1.18. The number of urea groups is 1. The summed E-state index contributed by atoms with van der Waals surface area (Å²) in [5.41, 5.74) is -1.53. The molecule has 0 aromatic heterocycles. The van der Waals surface area contributed by atoms with Crippen LogP contribution < -0.4 is 10.6 Å². The summed E-state index contributed by atoms with van der Waals surface area (Å²) in [6.07, 6.45) is -11.9. The lowest BCUT2D eigenvalue weighted by Crippen LogP contribution is -2.53. The number of hydrogen-bond acceptors (Lipinski definition) is 2. The highest BCUT2D eigenvalue weighted by Gasteiger charge is 2.71. The predicted octanol–water partition coefficient (Wildman–Crippen LogP) is 2.51. The van der Waals surface area contributed by atoms with Crippen LogP contribution in [0.5, 0.6) is 0 Å². The first-order valence-electron chi connectivity index (χ1n) is 5.32. The van der Waals surface area contributed by atoms with Crippen molar-refractivity contribution in [2.75, 3.05) is 11.9 Å². The number of alkyl halides is 6. The first kappa shape index (κ1) is 17.1. The Labute approximate surface area is 114 Å². The van der Waals surface area contributed by atoms with E-state index in [1.165, 1.54) is 7.05 Å². The molecule has 118 valence electrons. The van der Waals surface area contributed by atoms with Gasteiger partial charge in [-0.05, 0) is 12.1 Å². The van der Waals surface area contributed by atoms with Gasteiger partial charge in [0, 0.05) is 18.3 Å². The van der Waals surface area contributed by atoms with E-state index in [1.807, 2.05) is 0 Å². The summed E-state index contributed by atoms with van der Waals surface area (Å²) < 4.78 is 75.7. The standard InChI is InChI=1S/C11H10F6N2O2/c1-19(8(18)20)7-4-2-6(3-5-7)9(21,10(12,13)14)11(15,16)17/h2-5,21H,1H3,(H2,18,20). The van der Waals surface area contributed by atoms with Gasteiger partial charge in [-0.25, -0.2) is 4.79 Å². The summed E-state index contributed by atoms with van der Waals surface area (Å²) in [4.78, 5) is 11.6. The molecule has 0 fully saturated rings. The van der Waals surface area contributed by atoms with Gasteiger partial charge in [0.15, 0.2) is 0 Å². The highest BCUT2D eigenvalue weighted by Crippen LogP contribution is 2.50. The molecule has 0 aliphatic carbocycles. The third-order valence-corrected chi connectivity index (χ3v) is 2.82. The summed E-state index contributed by atoms with van der Waals surface area (Å²) in [5, 5.41) is 9.14. The van der Waals surface area contributed by atoms with Crippen LogP contribution in [0.1, 0.15) is 5.56 Å². The predicted molar refractivity (Wildman–Crippen MR) is 60.4 cm³/mol. The molecule has 21 heavy (non-hydrogen) atoms. The van der Waals surface area contributed by atoms with Crippen molar-refractivity contribution in [1.29, 1.82) is 0 Å². The second-order valence-electron chi connectivity index (χ2n) is 4.15. The normalized spacial score (nSPS) is 13.1. The molecule has 0 saturated carbocycles. The van der Waals surface area contributed by atoms with E-state index >= 15 is 0 Å². The molecule has 0 aliphatic rings. The lowest BCUT2D eigenvalue weighted by atomic mass is 9.92. The van der Waals surface area contributed by atoms with Crippen LogP contribution in [-0.2, 0) is 5.60 Å². The van der Waals surface area contributed by atoms with Gasteiger partial charge in [0.1, 0.15) is 0 Å². The van der Waals surface area contributed by atoms with Gasteiger partial charge in [-0.3, -0.25) is 4.90 Å². The molecule has 0 saturated heterocycles. The highest BCUT2D eigenvalue weighted by atomic mass is 19.4. The largest absolute Gasteiger partial charge is 0.430 e. The van der Waals surface area contributed by atoms with Gasteiger partial charge >= 0.3 is 18.4 Å². The number of aliphatic hydroxyl groups is 1. The van der Waals surface area contributed by atoms with E-state index in [2.05, 4.69) is 0 Å². The molecular weight excluding hydrogens is 306 g/mol. The minimum absolute atomic E-state index is 0.0297. The number of nitrogens with zero attached hydrogens (tertiary/aromatic N) is 1. The number of nitrogens with two attached hydrogens (primary N) is 1. The molecule has 0 atom stereocenters. The maximum absolute atomic E-state index is 12.6. The summed E-state index contributed by atoms with van der Waals surface area (Å²) in [5.74, 6) is 0. The van der Waals surface area contributed by atoms with E-state index in [4.69, 9.17) is 10.8 Å². The summed E-state index contributed by atoms with van der Waals surface area (Å²) in [6, 6.07) is 1.51. The maximum atomic E-state index is 12.6. The third-order valence-electron chi connectivity index (χ3n) is 2.82. The molecule has 1 aromatic rings. The zero-order valence-electron chi connectivity index (χ0n) is 10.5. The first-order chi connectivity index (χ1) is 9.32. The Morgan fingerprint density at radius 2 is 1.43 bits per heavy atom. The molecule has 0 heterocycles. The number of carbonyl (C=O) groups excluding carboxylic acids is 1. The van der Waals surface area contributed by atoms with Gasteiger partial charge in [-0.15, -0.1) is 0 Å². The minimum atomic E-state index is -5.96. The first-order valence-corrected chi connectivity index (χ1v) is 5.32. The molecule has 0 unspecified atom stereocenters. The van der Waals surface area contributed by atoms with Gasteiger partial charge < -0.3 is 10.8 Å². The van der Waals surface area contributed by atoms with E-state index in [-0.39, 0.29) is 5.69 Å². The molecule has 2 amide bonds. The number of rotatable bonds is 2. The Hall–Kier alpha value is -1.97. The fraction of sp³-hybridized carbons (Fsp3) is 0.364.